The summed E-state index contributed by atoms with van der Waals surface area (Å²) in [5, 5.41) is 10.2. The van der Waals surface area contributed by atoms with E-state index in [-0.39, 0.29) is 29.6 Å². The number of piperidine rings is 1. The highest BCUT2D eigenvalue weighted by Crippen LogP contribution is 2.32. The number of nitrogens with zero attached hydrogens (tertiary/aromatic N) is 1. The number of hydrogen-bond donors (Lipinski definition) is 1. The van der Waals surface area contributed by atoms with Gasteiger partial charge in [0.1, 0.15) is 11.0 Å². The van der Waals surface area contributed by atoms with Crippen molar-refractivity contribution in [3.05, 3.63) is 69.9 Å². The fraction of sp³-hybridized carbons (Fsp3) is 0.462. The molecule has 1 aliphatic rings. The molecule has 1 amide bonds. The molecule has 0 saturated carbocycles. The summed E-state index contributed by atoms with van der Waals surface area (Å²) < 4.78 is 34.4. The third-order valence-corrected chi connectivity index (χ3v) is 6.81. The summed E-state index contributed by atoms with van der Waals surface area (Å²) in [4.78, 5) is 27.8. The molecule has 2 aromatic rings. The molecule has 1 aromatic carbocycles. The Morgan fingerprint density at radius 1 is 1.26 bits per heavy atom. The molecule has 184 valence electrons. The van der Waals surface area contributed by atoms with Crippen LogP contribution in [0.1, 0.15) is 59.6 Å². The predicted octanol–water partition coefficient (Wildman–Crippen LogP) is 5.34. The van der Waals surface area contributed by atoms with Crippen molar-refractivity contribution in [1.82, 2.24) is 4.90 Å². The van der Waals surface area contributed by atoms with E-state index in [0.29, 0.717) is 43.5 Å². The number of likely N-dealkylation sites (tertiary alicyclic amines) is 1. The number of aryl methyl sites for hydroxylation is 1. The van der Waals surface area contributed by atoms with E-state index in [0.717, 1.165) is 11.0 Å². The first-order chi connectivity index (χ1) is 16.2. The van der Waals surface area contributed by atoms with Crippen molar-refractivity contribution in [2.45, 2.75) is 70.1 Å². The highest BCUT2D eigenvalue weighted by atomic mass is 32.1. The van der Waals surface area contributed by atoms with Crippen LogP contribution in [0.3, 0.4) is 0 Å². The van der Waals surface area contributed by atoms with Crippen molar-refractivity contribution in [3.8, 4) is 0 Å². The minimum atomic E-state index is -3.42. The first-order valence-corrected chi connectivity index (χ1v) is 12.4. The van der Waals surface area contributed by atoms with Crippen molar-refractivity contribution >= 4 is 23.2 Å². The number of alkyl halides is 2. The Bertz CT molecular complexity index is 990. The lowest BCUT2D eigenvalue weighted by Gasteiger charge is -2.34. The zero-order valence-corrected chi connectivity index (χ0v) is 20.3. The summed E-state index contributed by atoms with van der Waals surface area (Å²) >= 11 is 1.38. The van der Waals surface area contributed by atoms with E-state index in [1.165, 1.54) is 41.7 Å². The Labute approximate surface area is 203 Å². The lowest BCUT2D eigenvalue weighted by molar-refractivity contribution is -0.135. The Balaban J connectivity index is 1.58. The van der Waals surface area contributed by atoms with Gasteiger partial charge in [0, 0.05) is 23.4 Å². The Hall–Kier alpha value is -2.58. The average molecular weight is 492 g/mol. The van der Waals surface area contributed by atoms with E-state index in [1.807, 2.05) is 6.07 Å². The van der Waals surface area contributed by atoms with Crippen molar-refractivity contribution in [3.63, 3.8) is 0 Å². The third kappa shape index (κ3) is 6.73. The normalized spacial score (nSPS) is 18.0. The zero-order chi connectivity index (χ0) is 24.7. The van der Waals surface area contributed by atoms with E-state index in [2.05, 4.69) is 0 Å². The predicted molar refractivity (Wildman–Crippen MR) is 128 cm³/mol. The van der Waals surface area contributed by atoms with E-state index in [9.17, 15) is 23.5 Å². The Morgan fingerprint density at radius 3 is 2.71 bits per heavy atom. The zero-order valence-electron chi connectivity index (χ0n) is 19.5. The van der Waals surface area contributed by atoms with Gasteiger partial charge in [0.15, 0.2) is 0 Å². The molecule has 1 aliphatic heterocycles. The standard InChI is InChI=1S/C26H31F2NO4S/c1-18(2)33-25(32)22-15-14-21(34-22)11-7-17-29-20(10-6-12-24(29)31)13-16-23(30)26(27,28)19-8-4-3-5-9-19/h3-5,8-9,13-16,18,20,23,30H,6-7,10-12,17H2,1-2H3/t20-,23-/m1/s1. The topological polar surface area (TPSA) is 66.8 Å². The van der Waals surface area contributed by atoms with Gasteiger partial charge in [-0.25, -0.2) is 4.79 Å². The van der Waals surface area contributed by atoms with Crippen molar-refractivity contribution in [1.29, 1.82) is 0 Å². The molecule has 1 N–H and O–H groups in total. The minimum Gasteiger partial charge on any atom is -0.459 e. The summed E-state index contributed by atoms with van der Waals surface area (Å²) in [6, 6.07) is 10.5. The van der Waals surface area contributed by atoms with Gasteiger partial charge in [-0.05, 0) is 51.7 Å². The van der Waals surface area contributed by atoms with Crippen LogP contribution in [0.2, 0.25) is 0 Å². The van der Waals surface area contributed by atoms with Crippen LogP contribution >= 0.6 is 11.3 Å². The SMILES string of the molecule is CC(C)OC(=O)c1ccc(CCCN2C(=O)CCC[C@@H]2C=C[C@@H](O)C(F)(F)c2ccccc2)s1. The number of benzene rings is 1. The molecule has 2 atom stereocenters. The van der Waals surface area contributed by atoms with Crippen LogP contribution in [0.25, 0.3) is 0 Å². The van der Waals surface area contributed by atoms with E-state index in [4.69, 9.17) is 4.74 Å². The molecule has 2 heterocycles. The van der Waals surface area contributed by atoms with Gasteiger partial charge in [-0.1, -0.05) is 42.5 Å². The molecule has 1 aromatic heterocycles. The quantitative estimate of drug-likeness (QED) is 0.360. The lowest BCUT2D eigenvalue weighted by atomic mass is 9.98. The number of esters is 1. The number of aliphatic hydroxyl groups is 1. The smallest absolute Gasteiger partial charge is 0.348 e. The maximum absolute atomic E-state index is 14.6. The highest BCUT2D eigenvalue weighted by Gasteiger charge is 2.39. The van der Waals surface area contributed by atoms with Gasteiger partial charge in [-0.15, -0.1) is 11.3 Å². The van der Waals surface area contributed by atoms with E-state index >= 15 is 0 Å². The maximum atomic E-state index is 14.6. The number of halogens is 2. The van der Waals surface area contributed by atoms with Gasteiger partial charge >= 0.3 is 11.9 Å². The maximum Gasteiger partial charge on any atom is 0.348 e. The molecule has 0 spiro atoms. The molecule has 0 bridgehead atoms. The average Bonchev–Trinajstić information content (AvgIpc) is 3.28. The van der Waals surface area contributed by atoms with Gasteiger partial charge in [0.2, 0.25) is 5.91 Å². The minimum absolute atomic E-state index is 0.0161. The number of hydrogen-bond acceptors (Lipinski definition) is 5. The molecule has 0 unspecified atom stereocenters. The number of carbonyl (C=O) groups excluding carboxylic acids is 2. The van der Waals surface area contributed by atoms with E-state index in [1.54, 1.807) is 30.9 Å². The molecule has 5 nitrogen and oxygen atoms in total. The molecule has 1 saturated heterocycles. The first kappa shape index (κ1) is 26.0. The van der Waals surface area contributed by atoms with Gasteiger partial charge in [-0.3, -0.25) is 4.79 Å². The van der Waals surface area contributed by atoms with Gasteiger partial charge in [0.25, 0.3) is 0 Å². The summed E-state index contributed by atoms with van der Waals surface area (Å²) in [6.07, 6.45) is 3.61. The van der Waals surface area contributed by atoms with Crippen LogP contribution in [0, 0.1) is 0 Å². The molecule has 1 fully saturated rings. The van der Waals surface area contributed by atoms with Crippen molar-refractivity contribution in [2.24, 2.45) is 0 Å². The second kappa shape index (κ2) is 11.7. The van der Waals surface area contributed by atoms with Crippen LogP contribution < -0.4 is 0 Å². The number of aliphatic hydroxyl groups excluding tert-OH is 1. The number of ether oxygens (including phenoxy) is 1. The number of thiophene rings is 1. The van der Waals surface area contributed by atoms with Crippen LogP contribution in [0.4, 0.5) is 8.78 Å². The second-order valence-electron chi connectivity index (χ2n) is 8.69. The van der Waals surface area contributed by atoms with Crippen molar-refractivity contribution in [2.75, 3.05) is 6.54 Å². The molecule has 0 aliphatic carbocycles. The monoisotopic (exact) mass is 491 g/mol. The molecule has 8 heteroatoms. The molecule has 34 heavy (non-hydrogen) atoms. The fourth-order valence-electron chi connectivity index (χ4n) is 3.94. The number of rotatable bonds is 10. The summed E-state index contributed by atoms with van der Waals surface area (Å²) in [5.41, 5.74) is -0.253. The summed E-state index contributed by atoms with van der Waals surface area (Å²) in [7, 11) is 0. The summed E-state index contributed by atoms with van der Waals surface area (Å²) in [5.74, 6) is -3.78. The number of amides is 1. The van der Waals surface area contributed by atoms with Crippen LogP contribution in [0.5, 0.6) is 0 Å². The largest absolute Gasteiger partial charge is 0.459 e. The van der Waals surface area contributed by atoms with Gasteiger partial charge < -0.3 is 14.7 Å². The van der Waals surface area contributed by atoms with Gasteiger partial charge in [-0.2, -0.15) is 8.78 Å². The Morgan fingerprint density at radius 2 is 2.00 bits per heavy atom. The van der Waals surface area contributed by atoms with Crippen molar-refractivity contribution < 1.29 is 28.2 Å². The lowest BCUT2D eigenvalue weighted by Crippen LogP contribution is -2.43. The third-order valence-electron chi connectivity index (χ3n) is 5.68. The number of carbonyl (C=O) groups is 2. The van der Waals surface area contributed by atoms with Crippen LogP contribution in [-0.2, 0) is 21.9 Å². The van der Waals surface area contributed by atoms with Gasteiger partial charge in [0.05, 0.1) is 12.1 Å². The second-order valence-corrected chi connectivity index (χ2v) is 9.86. The molecular formula is C26H31F2NO4S. The fourth-order valence-corrected chi connectivity index (χ4v) is 4.87. The van der Waals surface area contributed by atoms with Crippen LogP contribution in [0.15, 0.2) is 54.6 Å². The first-order valence-electron chi connectivity index (χ1n) is 11.6. The molecular weight excluding hydrogens is 460 g/mol. The summed E-state index contributed by atoms with van der Waals surface area (Å²) in [6.45, 7) is 4.08. The Kier molecular flexibility index (Phi) is 8.97. The van der Waals surface area contributed by atoms with E-state index < -0.39 is 12.0 Å². The molecule has 0 radical (unpaired) electrons. The highest BCUT2D eigenvalue weighted by molar-refractivity contribution is 7.13. The van der Waals surface area contributed by atoms with Crippen LogP contribution in [-0.4, -0.2) is 46.7 Å². The molecule has 3 rings (SSSR count).